The van der Waals surface area contributed by atoms with E-state index in [0.717, 1.165) is 17.5 Å². The van der Waals surface area contributed by atoms with Crippen LogP contribution in [0.4, 0.5) is 9.18 Å². The third-order valence-corrected chi connectivity index (χ3v) is 3.06. The standard InChI is InChI=1S/C17H19FN2O2/c18-16-10-4-8-14(12-16)9-5-11-19-17(21)20-22-13-15-6-2-1-3-7-15/h1-4,6-8,10,12H,5,9,11,13H2,(H2,19,20,21). The minimum absolute atomic E-state index is 0.238. The number of hydrogen-bond acceptors (Lipinski definition) is 2. The highest BCUT2D eigenvalue weighted by molar-refractivity contribution is 5.72. The van der Waals surface area contributed by atoms with Crippen molar-refractivity contribution < 1.29 is 14.0 Å². The summed E-state index contributed by atoms with van der Waals surface area (Å²) < 4.78 is 13.0. The van der Waals surface area contributed by atoms with Gasteiger partial charge in [0.15, 0.2) is 0 Å². The van der Waals surface area contributed by atoms with Crippen LogP contribution in [-0.2, 0) is 17.9 Å². The van der Waals surface area contributed by atoms with Crippen molar-refractivity contribution in [3.63, 3.8) is 0 Å². The lowest BCUT2D eigenvalue weighted by atomic mass is 10.1. The van der Waals surface area contributed by atoms with Gasteiger partial charge in [-0.3, -0.25) is 4.84 Å². The fourth-order valence-electron chi connectivity index (χ4n) is 1.98. The molecule has 0 saturated carbocycles. The summed E-state index contributed by atoms with van der Waals surface area (Å²) in [6.45, 7) is 0.814. The molecule has 0 atom stereocenters. The molecule has 0 aromatic heterocycles. The number of carbonyl (C=O) groups is 1. The van der Waals surface area contributed by atoms with Crippen molar-refractivity contribution >= 4 is 6.03 Å². The number of amides is 2. The Labute approximate surface area is 129 Å². The first-order valence-electron chi connectivity index (χ1n) is 7.18. The largest absolute Gasteiger partial charge is 0.338 e. The lowest BCUT2D eigenvalue weighted by Crippen LogP contribution is -2.36. The molecular weight excluding hydrogens is 283 g/mol. The second kappa shape index (κ2) is 8.79. The van der Waals surface area contributed by atoms with E-state index in [-0.39, 0.29) is 11.8 Å². The smallest absolute Gasteiger partial charge is 0.336 e. The quantitative estimate of drug-likeness (QED) is 0.609. The van der Waals surface area contributed by atoms with E-state index >= 15 is 0 Å². The molecule has 0 fully saturated rings. The molecule has 0 aliphatic rings. The van der Waals surface area contributed by atoms with Gasteiger partial charge >= 0.3 is 6.03 Å². The molecule has 0 unspecified atom stereocenters. The average molecular weight is 302 g/mol. The second-order valence-electron chi connectivity index (χ2n) is 4.87. The van der Waals surface area contributed by atoms with Crippen LogP contribution in [0.2, 0.25) is 0 Å². The van der Waals surface area contributed by atoms with Gasteiger partial charge in [-0.1, -0.05) is 42.5 Å². The maximum Gasteiger partial charge on any atom is 0.338 e. The molecule has 4 nitrogen and oxygen atoms in total. The summed E-state index contributed by atoms with van der Waals surface area (Å²) in [5, 5.41) is 2.68. The molecule has 0 aliphatic heterocycles. The predicted octanol–water partition coefficient (Wildman–Crippen LogP) is 3.19. The summed E-state index contributed by atoms with van der Waals surface area (Å²) in [7, 11) is 0. The second-order valence-corrected chi connectivity index (χ2v) is 4.87. The maximum atomic E-state index is 13.0. The third-order valence-electron chi connectivity index (χ3n) is 3.06. The van der Waals surface area contributed by atoms with Gasteiger partial charge in [0, 0.05) is 6.54 Å². The van der Waals surface area contributed by atoms with E-state index in [1.165, 1.54) is 12.1 Å². The van der Waals surface area contributed by atoms with Gasteiger partial charge in [-0.15, -0.1) is 0 Å². The first kappa shape index (κ1) is 16.0. The Bertz CT molecular complexity index is 590. The lowest BCUT2D eigenvalue weighted by Gasteiger charge is -2.08. The van der Waals surface area contributed by atoms with Crippen molar-refractivity contribution in [1.29, 1.82) is 0 Å². The number of halogens is 1. The molecule has 0 saturated heterocycles. The number of benzene rings is 2. The van der Waals surface area contributed by atoms with Crippen LogP contribution in [0, 0.1) is 5.82 Å². The zero-order valence-corrected chi connectivity index (χ0v) is 12.2. The van der Waals surface area contributed by atoms with Crippen LogP contribution in [0.25, 0.3) is 0 Å². The summed E-state index contributed by atoms with van der Waals surface area (Å²) in [5.74, 6) is -0.238. The summed E-state index contributed by atoms with van der Waals surface area (Å²) >= 11 is 0. The van der Waals surface area contributed by atoms with Gasteiger partial charge in [0.25, 0.3) is 0 Å². The van der Waals surface area contributed by atoms with Crippen molar-refractivity contribution in [2.45, 2.75) is 19.4 Å². The van der Waals surface area contributed by atoms with Gasteiger partial charge < -0.3 is 5.32 Å². The van der Waals surface area contributed by atoms with Gasteiger partial charge in [-0.05, 0) is 36.1 Å². The first-order valence-corrected chi connectivity index (χ1v) is 7.18. The Morgan fingerprint density at radius 2 is 1.82 bits per heavy atom. The molecule has 22 heavy (non-hydrogen) atoms. The van der Waals surface area contributed by atoms with E-state index in [0.29, 0.717) is 19.6 Å². The fraction of sp³-hybridized carbons (Fsp3) is 0.235. The molecule has 0 spiro atoms. The monoisotopic (exact) mass is 302 g/mol. The summed E-state index contributed by atoms with van der Waals surface area (Å²) in [6.07, 6.45) is 1.44. The van der Waals surface area contributed by atoms with Crippen LogP contribution < -0.4 is 10.8 Å². The van der Waals surface area contributed by atoms with Gasteiger partial charge in [0.05, 0.1) is 6.61 Å². The fourth-order valence-corrected chi connectivity index (χ4v) is 1.98. The van der Waals surface area contributed by atoms with Gasteiger partial charge in [-0.25, -0.2) is 14.7 Å². The van der Waals surface area contributed by atoms with Crippen molar-refractivity contribution in [2.24, 2.45) is 0 Å². The summed E-state index contributed by atoms with van der Waals surface area (Å²) in [4.78, 5) is 16.6. The van der Waals surface area contributed by atoms with E-state index in [4.69, 9.17) is 4.84 Å². The highest BCUT2D eigenvalue weighted by Crippen LogP contribution is 2.05. The normalized spacial score (nSPS) is 10.2. The molecule has 2 aromatic carbocycles. The van der Waals surface area contributed by atoms with Crippen molar-refractivity contribution in [3.05, 3.63) is 71.5 Å². The summed E-state index contributed by atoms with van der Waals surface area (Å²) in [6, 6.07) is 15.7. The zero-order chi connectivity index (χ0) is 15.6. The van der Waals surface area contributed by atoms with Crippen LogP contribution >= 0.6 is 0 Å². The maximum absolute atomic E-state index is 13.0. The van der Waals surface area contributed by atoms with Crippen LogP contribution in [0.15, 0.2) is 54.6 Å². The lowest BCUT2D eigenvalue weighted by molar-refractivity contribution is 0.0491. The van der Waals surface area contributed by atoms with E-state index in [9.17, 15) is 9.18 Å². The van der Waals surface area contributed by atoms with Gasteiger partial charge in [0.1, 0.15) is 5.82 Å². The Balaban J connectivity index is 1.56. The Morgan fingerprint density at radius 3 is 2.59 bits per heavy atom. The molecule has 5 heteroatoms. The number of urea groups is 1. The molecule has 2 N–H and O–H groups in total. The molecule has 0 radical (unpaired) electrons. The van der Waals surface area contributed by atoms with Crippen LogP contribution in [0.3, 0.4) is 0 Å². The van der Waals surface area contributed by atoms with Gasteiger partial charge in [0.2, 0.25) is 0 Å². The molecule has 0 heterocycles. The molecule has 2 amide bonds. The number of aryl methyl sites for hydroxylation is 1. The highest BCUT2D eigenvalue weighted by atomic mass is 19.1. The SMILES string of the molecule is O=C(NCCCc1cccc(F)c1)NOCc1ccccc1. The third kappa shape index (κ3) is 5.93. The van der Waals surface area contributed by atoms with Crippen molar-refractivity contribution in [1.82, 2.24) is 10.8 Å². The Kier molecular flexibility index (Phi) is 6.39. The topological polar surface area (TPSA) is 50.4 Å². The first-order chi connectivity index (χ1) is 10.7. The van der Waals surface area contributed by atoms with Crippen LogP contribution in [-0.4, -0.2) is 12.6 Å². The Morgan fingerprint density at radius 1 is 1.05 bits per heavy atom. The number of hydroxylamine groups is 1. The van der Waals surface area contributed by atoms with E-state index < -0.39 is 0 Å². The van der Waals surface area contributed by atoms with Gasteiger partial charge in [-0.2, -0.15) is 0 Å². The van der Waals surface area contributed by atoms with Crippen LogP contribution in [0.1, 0.15) is 17.5 Å². The molecule has 0 bridgehead atoms. The predicted molar refractivity (Wildman–Crippen MR) is 82.5 cm³/mol. The number of hydrogen-bond donors (Lipinski definition) is 2. The molecule has 116 valence electrons. The number of carbonyl (C=O) groups excluding carboxylic acids is 1. The number of nitrogens with one attached hydrogen (secondary N) is 2. The van der Waals surface area contributed by atoms with E-state index in [1.54, 1.807) is 6.07 Å². The summed E-state index contributed by atoms with van der Waals surface area (Å²) in [5.41, 5.74) is 4.23. The molecule has 2 rings (SSSR count). The molecule has 0 aliphatic carbocycles. The average Bonchev–Trinajstić information content (AvgIpc) is 2.53. The molecule has 2 aromatic rings. The van der Waals surface area contributed by atoms with E-state index in [1.807, 2.05) is 36.4 Å². The van der Waals surface area contributed by atoms with E-state index in [2.05, 4.69) is 10.8 Å². The zero-order valence-electron chi connectivity index (χ0n) is 12.2. The number of rotatable bonds is 7. The minimum atomic E-state index is -0.379. The molecular formula is C17H19FN2O2. The highest BCUT2D eigenvalue weighted by Gasteiger charge is 2.00. The Hall–Kier alpha value is -2.40. The van der Waals surface area contributed by atoms with Crippen LogP contribution in [0.5, 0.6) is 0 Å². The van der Waals surface area contributed by atoms with Crippen molar-refractivity contribution in [3.8, 4) is 0 Å². The minimum Gasteiger partial charge on any atom is -0.336 e. The van der Waals surface area contributed by atoms with Crippen molar-refractivity contribution in [2.75, 3.05) is 6.54 Å².